The molecular formula is C16H18Cl2N2O2. The minimum atomic E-state index is -0.936. The minimum Gasteiger partial charge on any atom is -0.352 e. The maximum absolute atomic E-state index is 12.5. The standard InChI is InChI=1S/C16H18Cl2N2O2/c17-10-5-6-12(18)13(9-10)20-15(22)16(7-8-16)14(21)19-11-3-1-2-4-11/h5-6,9,11H,1-4,7-8H2,(H,19,21)(H,20,22). The van der Waals surface area contributed by atoms with Crippen LogP contribution in [-0.2, 0) is 9.59 Å². The van der Waals surface area contributed by atoms with E-state index in [9.17, 15) is 9.59 Å². The molecule has 0 atom stereocenters. The summed E-state index contributed by atoms with van der Waals surface area (Å²) < 4.78 is 0. The van der Waals surface area contributed by atoms with Gasteiger partial charge in [-0.05, 0) is 43.9 Å². The van der Waals surface area contributed by atoms with E-state index in [4.69, 9.17) is 23.2 Å². The zero-order chi connectivity index (χ0) is 15.7. The second kappa shape index (κ2) is 6.09. The summed E-state index contributed by atoms with van der Waals surface area (Å²) in [6, 6.07) is 5.08. The first-order valence-corrected chi connectivity index (χ1v) is 8.34. The van der Waals surface area contributed by atoms with Crippen LogP contribution in [0.3, 0.4) is 0 Å². The average molecular weight is 341 g/mol. The summed E-state index contributed by atoms with van der Waals surface area (Å²) in [5.41, 5.74) is -0.493. The number of nitrogens with one attached hydrogen (secondary N) is 2. The van der Waals surface area contributed by atoms with E-state index in [-0.39, 0.29) is 17.9 Å². The minimum absolute atomic E-state index is 0.157. The fourth-order valence-electron chi connectivity index (χ4n) is 2.91. The molecular weight excluding hydrogens is 323 g/mol. The molecule has 2 aliphatic carbocycles. The van der Waals surface area contributed by atoms with Crippen LogP contribution in [0.15, 0.2) is 18.2 Å². The third kappa shape index (κ3) is 3.08. The molecule has 22 heavy (non-hydrogen) atoms. The monoisotopic (exact) mass is 340 g/mol. The van der Waals surface area contributed by atoms with E-state index in [2.05, 4.69) is 10.6 Å². The van der Waals surface area contributed by atoms with Gasteiger partial charge in [0, 0.05) is 11.1 Å². The fraction of sp³-hybridized carbons (Fsp3) is 0.500. The van der Waals surface area contributed by atoms with Crippen LogP contribution in [0.1, 0.15) is 38.5 Å². The molecule has 118 valence electrons. The molecule has 1 aromatic carbocycles. The van der Waals surface area contributed by atoms with E-state index in [0.29, 0.717) is 28.6 Å². The van der Waals surface area contributed by atoms with Gasteiger partial charge in [-0.2, -0.15) is 0 Å². The van der Waals surface area contributed by atoms with Crippen molar-refractivity contribution >= 4 is 40.7 Å². The highest BCUT2D eigenvalue weighted by atomic mass is 35.5. The maximum atomic E-state index is 12.5. The second-order valence-corrected chi connectivity index (χ2v) is 6.96. The molecule has 2 aliphatic rings. The molecule has 3 rings (SSSR count). The predicted octanol–water partition coefficient (Wildman–Crippen LogP) is 3.77. The number of amides is 2. The first-order valence-electron chi connectivity index (χ1n) is 7.59. The van der Waals surface area contributed by atoms with Crippen LogP contribution in [0.2, 0.25) is 10.0 Å². The van der Waals surface area contributed by atoms with Gasteiger partial charge >= 0.3 is 0 Å². The number of carbonyl (C=O) groups excluding carboxylic acids is 2. The Morgan fingerprint density at radius 1 is 1.09 bits per heavy atom. The van der Waals surface area contributed by atoms with E-state index in [1.165, 1.54) is 0 Å². The van der Waals surface area contributed by atoms with E-state index in [0.717, 1.165) is 25.7 Å². The molecule has 0 aliphatic heterocycles. The molecule has 2 fully saturated rings. The van der Waals surface area contributed by atoms with Crippen molar-refractivity contribution in [2.75, 3.05) is 5.32 Å². The molecule has 4 nitrogen and oxygen atoms in total. The van der Waals surface area contributed by atoms with Crippen molar-refractivity contribution in [2.45, 2.75) is 44.6 Å². The predicted molar refractivity (Wildman–Crippen MR) is 87.2 cm³/mol. The maximum Gasteiger partial charge on any atom is 0.240 e. The van der Waals surface area contributed by atoms with Gasteiger partial charge in [0.1, 0.15) is 5.41 Å². The quantitative estimate of drug-likeness (QED) is 0.819. The Morgan fingerprint density at radius 3 is 2.41 bits per heavy atom. The van der Waals surface area contributed by atoms with Crippen molar-refractivity contribution in [1.82, 2.24) is 5.32 Å². The Kier molecular flexibility index (Phi) is 4.33. The van der Waals surface area contributed by atoms with Crippen LogP contribution in [0.4, 0.5) is 5.69 Å². The molecule has 2 saturated carbocycles. The molecule has 0 bridgehead atoms. The number of rotatable bonds is 4. The Balaban J connectivity index is 1.68. The van der Waals surface area contributed by atoms with Crippen LogP contribution in [-0.4, -0.2) is 17.9 Å². The number of carbonyl (C=O) groups is 2. The lowest BCUT2D eigenvalue weighted by Crippen LogP contribution is -2.43. The molecule has 0 unspecified atom stereocenters. The average Bonchev–Trinajstić information content (AvgIpc) is 3.15. The zero-order valence-corrected chi connectivity index (χ0v) is 13.6. The Morgan fingerprint density at radius 2 is 1.77 bits per heavy atom. The molecule has 0 aromatic heterocycles. The van der Waals surface area contributed by atoms with Gasteiger partial charge in [-0.15, -0.1) is 0 Å². The highest BCUT2D eigenvalue weighted by Gasteiger charge is 2.56. The number of anilines is 1. The van der Waals surface area contributed by atoms with Gasteiger partial charge in [0.15, 0.2) is 0 Å². The number of halogens is 2. The largest absolute Gasteiger partial charge is 0.352 e. The molecule has 0 saturated heterocycles. The van der Waals surface area contributed by atoms with Crippen molar-refractivity contribution in [3.05, 3.63) is 28.2 Å². The van der Waals surface area contributed by atoms with Crippen molar-refractivity contribution in [2.24, 2.45) is 5.41 Å². The Labute approximate surface area is 139 Å². The molecule has 6 heteroatoms. The first-order chi connectivity index (χ1) is 10.5. The summed E-state index contributed by atoms with van der Waals surface area (Å²) in [7, 11) is 0. The van der Waals surface area contributed by atoms with Crippen LogP contribution in [0, 0.1) is 5.41 Å². The lowest BCUT2D eigenvalue weighted by molar-refractivity contribution is -0.134. The summed E-state index contributed by atoms with van der Waals surface area (Å²) in [6.07, 6.45) is 5.45. The van der Waals surface area contributed by atoms with Crippen LogP contribution in [0.25, 0.3) is 0 Å². The van der Waals surface area contributed by atoms with Gasteiger partial charge in [0.2, 0.25) is 11.8 Å². The topological polar surface area (TPSA) is 58.2 Å². The third-order valence-electron chi connectivity index (χ3n) is 4.49. The van der Waals surface area contributed by atoms with Gasteiger partial charge in [0.05, 0.1) is 10.7 Å². The fourth-order valence-corrected chi connectivity index (χ4v) is 3.25. The van der Waals surface area contributed by atoms with Crippen molar-refractivity contribution in [3.8, 4) is 0 Å². The summed E-state index contributed by atoms with van der Waals surface area (Å²) in [4.78, 5) is 24.9. The lowest BCUT2D eigenvalue weighted by Gasteiger charge is -2.19. The SMILES string of the molecule is O=C(Nc1cc(Cl)ccc1Cl)C1(C(=O)NC2CCCC2)CC1. The van der Waals surface area contributed by atoms with Gasteiger partial charge in [-0.3, -0.25) is 9.59 Å². The van der Waals surface area contributed by atoms with E-state index in [1.807, 2.05) is 0 Å². The van der Waals surface area contributed by atoms with E-state index < -0.39 is 5.41 Å². The Hall–Kier alpha value is -1.26. The smallest absolute Gasteiger partial charge is 0.240 e. The molecule has 0 radical (unpaired) electrons. The van der Waals surface area contributed by atoms with Crippen molar-refractivity contribution < 1.29 is 9.59 Å². The number of benzene rings is 1. The van der Waals surface area contributed by atoms with Crippen molar-refractivity contribution in [3.63, 3.8) is 0 Å². The van der Waals surface area contributed by atoms with Crippen LogP contribution < -0.4 is 10.6 Å². The normalized spacial score (nSPS) is 19.7. The number of hydrogen-bond acceptors (Lipinski definition) is 2. The van der Waals surface area contributed by atoms with Crippen LogP contribution in [0.5, 0.6) is 0 Å². The lowest BCUT2D eigenvalue weighted by atomic mass is 10.0. The molecule has 2 N–H and O–H groups in total. The second-order valence-electron chi connectivity index (χ2n) is 6.12. The summed E-state index contributed by atoms with van der Waals surface area (Å²) in [5.74, 6) is -0.456. The van der Waals surface area contributed by atoms with Gasteiger partial charge in [0.25, 0.3) is 0 Å². The third-order valence-corrected chi connectivity index (χ3v) is 5.05. The molecule has 2 amide bonds. The number of hydrogen-bond donors (Lipinski definition) is 2. The van der Waals surface area contributed by atoms with Gasteiger partial charge in [-0.1, -0.05) is 36.0 Å². The highest BCUT2D eigenvalue weighted by molar-refractivity contribution is 6.36. The van der Waals surface area contributed by atoms with Gasteiger partial charge < -0.3 is 10.6 Å². The molecule has 0 heterocycles. The first kappa shape index (κ1) is 15.6. The zero-order valence-electron chi connectivity index (χ0n) is 12.1. The van der Waals surface area contributed by atoms with E-state index >= 15 is 0 Å². The Bertz CT molecular complexity index is 608. The molecule has 0 spiro atoms. The van der Waals surface area contributed by atoms with E-state index in [1.54, 1.807) is 18.2 Å². The molecule has 1 aromatic rings. The summed E-state index contributed by atoms with van der Waals surface area (Å²) >= 11 is 12.0. The summed E-state index contributed by atoms with van der Waals surface area (Å²) in [6.45, 7) is 0. The van der Waals surface area contributed by atoms with Crippen molar-refractivity contribution in [1.29, 1.82) is 0 Å². The van der Waals surface area contributed by atoms with Gasteiger partial charge in [-0.25, -0.2) is 0 Å². The highest BCUT2D eigenvalue weighted by Crippen LogP contribution is 2.47. The summed E-state index contributed by atoms with van der Waals surface area (Å²) in [5, 5.41) is 6.65. The van der Waals surface area contributed by atoms with Crippen LogP contribution >= 0.6 is 23.2 Å².